The van der Waals surface area contributed by atoms with Crippen LogP contribution in [0.3, 0.4) is 0 Å². The van der Waals surface area contributed by atoms with Gasteiger partial charge >= 0.3 is 0 Å². The number of rotatable bonds is 4. The molecule has 1 aromatic carbocycles. The predicted octanol–water partition coefficient (Wildman–Crippen LogP) is 4.00. The van der Waals surface area contributed by atoms with Crippen molar-refractivity contribution in [2.24, 2.45) is 0 Å². The van der Waals surface area contributed by atoms with Gasteiger partial charge in [-0.05, 0) is 59.6 Å². The summed E-state index contributed by atoms with van der Waals surface area (Å²) in [6.07, 6.45) is 4.80. The second-order valence-electron chi connectivity index (χ2n) is 4.72. The molecule has 0 amide bonds. The van der Waals surface area contributed by atoms with Crippen molar-refractivity contribution in [1.82, 2.24) is 5.32 Å². The van der Waals surface area contributed by atoms with Gasteiger partial charge in [0.25, 0.3) is 0 Å². The number of hydrogen-bond donors (Lipinski definition) is 1. The molecule has 0 bridgehead atoms. The van der Waals surface area contributed by atoms with Crippen LogP contribution in [0.25, 0.3) is 0 Å². The first-order valence-corrected chi connectivity index (χ1v) is 8.28. The van der Waals surface area contributed by atoms with Crippen LogP contribution < -0.4 is 5.32 Å². The zero-order chi connectivity index (χ0) is 13.0. The van der Waals surface area contributed by atoms with E-state index in [4.69, 9.17) is 0 Å². The molecule has 1 N–H and O–H groups in total. The minimum absolute atomic E-state index is 0.168. The van der Waals surface area contributed by atoms with E-state index < -0.39 is 0 Å². The molecule has 1 aliphatic heterocycles. The van der Waals surface area contributed by atoms with E-state index in [9.17, 15) is 4.39 Å². The van der Waals surface area contributed by atoms with Gasteiger partial charge in [0.05, 0.1) is 4.47 Å². The van der Waals surface area contributed by atoms with Gasteiger partial charge in [0, 0.05) is 11.3 Å². The summed E-state index contributed by atoms with van der Waals surface area (Å²) in [6, 6.07) is 5.71. The summed E-state index contributed by atoms with van der Waals surface area (Å²) in [6.45, 7) is 0. The minimum atomic E-state index is -0.168. The van der Waals surface area contributed by atoms with E-state index in [1.165, 1.54) is 31.1 Å². The Balaban J connectivity index is 2.07. The fourth-order valence-corrected chi connectivity index (χ4v) is 4.34. The van der Waals surface area contributed by atoms with Gasteiger partial charge in [-0.2, -0.15) is 11.8 Å². The van der Waals surface area contributed by atoms with Gasteiger partial charge in [-0.1, -0.05) is 18.6 Å². The van der Waals surface area contributed by atoms with E-state index in [-0.39, 0.29) is 5.82 Å². The van der Waals surface area contributed by atoms with Crippen molar-refractivity contribution >= 4 is 27.7 Å². The first kappa shape index (κ1) is 14.4. The van der Waals surface area contributed by atoms with Crippen molar-refractivity contribution in [1.29, 1.82) is 0 Å². The number of thioether (sulfide) groups is 1. The van der Waals surface area contributed by atoms with E-state index in [1.807, 2.05) is 13.1 Å². The normalized spacial score (nSPS) is 21.8. The van der Waals surface area contributed by atoms with Crippen molar-refractivity contribution in [2.75, 3.05) is 12.8 Å². The van der Waals surface area contributed by atoms with E-state index >= 15 is 0 Å². The summed E-state index contributed by atoms with van der Waals surface area (Å²) >= 11 is 5.41. The fourth-order valence-electron chi connectivity index (χ4n) is 2.45. The highest BCUT2D eigenvalue weighted by atomic mass is 79.9. The third-order valence-corrected chi connectivity index (χ3v) is 5.91. The molecule has 18 heavy (non-hydrogen) atoms. The van der Waals surface area contributed by atoms with Crippen LogP contribution in [0.1, 0.15) is 24.8 Å². The van der Waals surface area contributed by atoms with E-state index in [0.717, 1.165) is 12.0 Å². The van der Waals surface area contributed by atoms with E-state index in [2.05, 4.69) is 33.0 Å². The molecule has 1 heterocycles. The molecule has 1 nitrogen and oxygen atoms in total. The van der Waals surface area contributed by atoms with Crippen LogP contribution in [0, 0.1) is 5.82 Å². The molecule has 0 aliphatic carbocycles. The van der Waals surface area contributed by atoms with Gasteiger partial charge in [-0.3, -0.25) is 0 Å². The molecular formula is C14H19BrFNS. The Morgan fingerprint density at radius 3 is 3.00 bits per heavy atom. The van der Waals surface area contributed by atoms with Crippen molar-refractivity contribution in [3.8, 4) is 0 Å². The first-order valence-electron chi connectivity index (χ1n) is 6.44. The minimum Gasteiger partial charge on any atom is -0.316 e. The average molecular weight is 332 g/mol. The predicted molar refractivity (Wildman–Crippen MR) is 80.7 cm³/mol. The number of halogens is 2. The van der Waals surface area contributed by atoms with Gasteiger partial charge in [-0.15, -0.1) is 0 Å². The van der Waals surface area contributed by atoms with Crippen LogP contribution in [0.2, 0.25) is 0 Å². The van der Waals surface area contributed by atoms with Crippen molar-refractivity contribution in [2.45, 2.75) is 37.0 Å². The zero-order valence-electron chi connectivity index (χ0n) is 10.6. The van der Waals surface area contributed by atoms with Gasteiger partial charge < -0.3 is 5.32 Å². The summed E-state index contributed by atoms with van der Waals surface area (Å²) in [4.78, 5) is 0. The monoisotopic (exact) mass is 331 g/mol. The lowest BCUT2D eigenvalue weighted by atomic mass is 9.99. The zero-order valence-corrected chi connectivity index (χ0v) is 13.0. The maximum atomic E-state index is 13.5. The van der Waals surface area contributed by atoms with Crippen LogP contribution in [0.5, 0.6) is 0 Å². The molecule has 2 atom stereocenters. The smallest absolute Gasteiger partial charge is 0.137 e. The topological polar surface area (TPSA) is 12.0 Å². The second-order valence-corrected chi connectivity index (χ2v) is 6.86. The maximum Gasteiger partial charge on any atom is 0.137 e. The maximum absolute atomic E-state index is 13.5. The van der Waals surface area contributed by atoms with Crippen LogP contribution in [0.15, 0.2) is 22.7 Å². The molecule has 1 aliphatic rings. The summed E-state index contributed by atoms with van der Waals surface area (Å²) in [5.41, 5.74) is 1.06. The van der Waals surface area contributed by atoms with E-state index in [0.29, 0.717) is 15.8 Å². The number of benzene rings is 1. The largest absolute Gasteiger partial charge is 0.316 e. The van der Waals surface area contributed by atoms with E-state index in [1.54, 1.807) is 6.07 Å². The Kier molecular flexibility index (Phi) is 5.52. The number of likely N-dealkylation sites (N-methyl/N-ethyl adjacent to an activating group) is 1. The Morgan fingerprint density at radius 1 is 1.50 bits per heavy atom. The van der Waals surface area contributed by atoms with Crippen molar-refractivity contribution in [3.05, 3.63) is 34.1 Å². The van der Waals surface area contributed by atoms with Crippen LogP contribution in [-0.2, 0) is 6.42 Å². The Bertz CT molecular complexity index is 393. The molecule has 2 rings (SSSR count). The highest BCUT2D eigenvalue weighted by Gasteiger charge is 2.24. The third kappa shape index (κ3) is 3.49. The van der Waals surface area contributed by atoms with Crippen LogP contribution in [-0.4, -0.2) is 24.1 Å². The second kappa shape index (κ2) is 6.92. The Morgan fingerprint density at radius 2 is 2.33 bits per heavy atom. The summed E-state index contributed by atoms with van der Waals surface area (Å²) in [5, 5.41) is 4.05. The molecule has 4 heteroatoms. The molecule has 1 aromatic rings. The molecule has 2 unspecified atom stereocenters. The molecule has 0 spiro atoms. The quantitative estimate of drug-likeness (QED) is 0.894. The van der Waals surface area contributed by atoms with Crippen molar-refractivity contribution in [3.63, 3.8) is 0 Å². The highest BCUT2D eigenvalue weighted by molar-refractivity contribution is 9.10. The standard InChI is InChI=1S/C14H19BrFNS/c1-17-12(13-7-2-3-8-18-13)9-10-5-4-6-11(16)14(10)15/h4-6,12-13,17H,2-3,7-9H2,1H3. The lowest BCUT2D eigenvalue weighted by Gasteiger charge is -2.30. The lowest BCUT2D eigenvalue weighted by molar-refractivity contribution is 0.492. The lowest BCUT2D eigenvalue weighted by Crippen LogP contribution is -2.39. The Labute approximate surface area is 121 Å². The molecule has 0 aromatic heterocycles. The van der Waals surface area contributed by atoms with Gasteiger partial charge in [0.1, 0.15) is 5.82 Å². The fraction of sp³-hybridized carbons (Fsp3) is 0.571. The van der Waals surface area contributed by atoms with Gasteiger partial charge in [0.15, 0.2) is 0 Å². The molecule has 0 saturated carbocycles. The summed E-state index contributed by atoms with van der Waals surface area (Å²) < 4.78 is 14.1. The highest BCUT2D eigenvalue weighted by Crippen LogP contribution is 2.30. The number of nitrogens with one attached hydrogen (secondary N) is 1. The number of hydrogen-bond acceptors (Lipinski definition) is 2. The molecule has 1 saturated heterocycles. The Hall–Kier alpha value is -0.0600. The summed E-state index contributed by atoms with van der Waals surface area (Å²) in [7, 11) is 2.01. The molecule has 100 valence electrons. The molecule has 1 fully saturated rings. The third-order valence-electron chi connectivity index (χ3n) is 3.51. The first-order chi connectivity index (χ1) is 8.72. The molecular weight excluding hydrogens is 313 g/mol. The molecule has 0 radical (unpaired) electrons. The van der Waals surface area contributed by atoms with Crippen molar-refractivity contribution < 1.29 is 4.39 Å². The summed E-state index contributed by atoms with van der Waals surface area (Å²) in [5.74, 6) is 1.09. The SMILES string of the molecule is CNC(Cc1cccc(F)c1Br)C1CCCCS1. The van der Waals surface area contributed by atoms with Crippen LogP contribution in [0.4, 0.5) is 4.39 Å². The average Bonchev–Trinajstić information content (AvgIpc) is 2.41. The van der Waals surface area contributed by atoms with Gasteiger partial charge in [-0.25, -0.2) is 4.39 Å². The van der Waals surface area contributed by atoms with Crippen LogP contribution >= 0.6 is 27.7 Å². The van der Waals surface area contributed by atoms with Gasteiger partial charge in [0.2, 0.25) is 0 Å².